The summed E-state index contributed by atoms with van der Waals surface area (Å²) in [4.78, 5) is 16.4. The Morgan fingerprint density at radius 3 is 2.97 bits per heavy atom. The molecule has 0 amide bonds. The number of ether oxygens (including phenoxy) is 2. The van der Waals surface area contributed by atoms with Crippen LogP contribution in [0.5, 0.6) is 5.75 Å². The van der Waals surface area contributed by atoms with Crippen molar-refractivity contribution in [3.05, 3.63) is 58.4 Å². The first kappa shape index (κ1) is 21.1. The van der Waals surface area contributed by atoms with Gasteiger partial charge in [0.15, 0.2) is 0 Å². The molecule has 1 N–H and O–H groups in total. The minimum Gasteiger partial charge on any atom is -0.463 e. The summed E-state index contributed by atoms with van der Waals surface area (Å²) in [6.45, 7) is -0.220. The zero-order valence-electron chi connectivity index (χ0n) is 16.7. The van der Waals surface area contributed by atoms with Crippen LogP contribution in [0.1, 0.15) is 23.9 Å². The highest BCUT2D eigenvalue weighted by molar-refractivity contribution is 6.31. The third kappa shape index (κ3) is 4.49. The van der Waals surface area contributed by atoms with Crippen molar-refractivity contribution in [3.63, 3.8) is 0 Å². The van der Waals surface area contributed by atoms with Crippen LogP contribution in [0.3, 0.4) is 0 Å². The lowest BCUT2D eigenvalue weighted by atomic mass is 10.0. The highest BCUT2D eigenvalue weighted by Crippen LogP contribution is 2.35. The molecule has 0 saturated heterocycles. The van der Waals surface area contributed by atoms with E-state index < -0.39 is 12.6 Å². The first-order chi connectivity index (χ1) is 15.0. The number of hydrogen-bond donors (Lipinski definition) is 1. The number of imidazole rings is 1. The zero-order chi connectivity index (χ0) is 22.0. The average molecular weight is 448 g/mol. The topological polar surface area (TPSA) is 65.4 Å². The van der Waals surface area contributed by atoms with Crippen molar-refractivity contribution < 1.29 is 23.0 Å². The van der Waals surface area contributed by atoms with Crippen LogP contribution in [0.2, 0.25) is 5.02 Å². The molecule has 0 fully saturated rings. The van der Waals surface area contributed by atoms with Crippen LogP contribution in [-0.2, 0) is 22.5 Å². The van der Waals surface area contributed by atoms with Crippen LogP contribution in [0.25, 0.3) is 17.1 Å². The predicted molar refractivity (Wildman–Crippen MR) is 115 cm³/mol. The maximum Gasteiger partial charge on any atom is 0.387 e. The first-order valence-electron chi connectivity index (χ1n) is 9.80. The number of carbonyl (C=O) groups is 1. The number of benzene rings is 2. The second-order valence-electron chi connectivity index (χ2n) is 6.89. The number of nitrogens with zero attached hydrogens (tertiary/aromatic N) is 2. The highest BCUT2D eigenvalue weighted by Gasteiger charge is 2.22. The molecule has 0 saturated carbocycles. The van der Waals surface area contributed by atoms with Crippen molar-refractivity contribution in [1.82, 2.24) is 9.55 Å². The Hall–Kier alpha value is -3.13. The van der Waals surface area contributed by atoms with E-state index in [-0.39, 0.29) is 18.9 Å². The van der Waals surface area contributed by atoms with Gasteiger partial charge in [-0.05, 0) is 48.9 Å². The van der Waals surface area contributed by atoms with Crippen molar-refractivity contribution in [3.8, 4) is 5.75 Å². The Morgan fingerprint density at radius 1 is 1.35 bits per heavy atom. The van der Waals surface area contributed by atoms with E-state index in [0.29, 0.717) is 34.8 Å². The first-order valence-corrected chi connectivity index (χ1v) is 10.2. The summed E-state index contributed by atoms with van der Waals surface area (Å²) >= 11 is 6.18. The maximum atomic E-state index is 13.1. The molecule has 3 aromatic rings. The molecule has 0 bridgehead atoms. The van der Waals surface area contributed by atoms with E-state index in [0.717, 1.165) is 16.9 Å². The highest BCUT2D eigenvalue weighted by atomic mass is 35.5. The van der Waals surface area contributed by atoms with Crippen LogP contribution < -0.4 is 10.1 Å². The van der Waals surface area contributed by atoms with Gasteiger partial charge in [-0.3, -0.25) is 0 Å². The molecule has 0 radical (unpaired) electrons. The number of rotatable bonds is 5. The Morgan fingerprint density at radius 2 is 2.19 bits per heavy atom. The average Bonchev–Trinajstić information content (AvgIpc) is 3.02. The third-order valence-corrected chi connectivity index (χ3v) is 5.19. The lowest BCUT2D eigenvalue weighted by Gasteiger charge is -2.23. The molecule has 0 unspecified atom stereocenters. The third-order valence-electron chi connectivity index (χ3n) is 4.96. The smallest absolute Gasteiger partial charge is 0.387 e. The summed E-state index contributed by atoms with van der Waals surface area (Å²) in [6, 6.07) is 8.51. The second-order valence-corrected chi connectivity index (χ2v) is 7.33. The molecule has 4 rings (SSSR count). The summed E-state index contributed by atoms with van der Waals surface area (Å²) in [6.07, 6.45) is 3.53. The maximum absolute atomic E-state index is 13.1. The van der Waals surface area contributed by atoms with Crippen LogP contribution in [-0.4, -0.2) is 35.3 Å². The number of esters is 1. The molecule has 0 atom stereocenters. The molecule has 1 aliphatic heterocycles. The van der Waals surface area contributed by atoms with Gasteiger partial charge >= 0.3 is 12.6 Å². The number of carbonyl (C=O) groups excluding carboxylic acids is 1. The summed E-state index contributed by atoms with van der Waals surface area (Å²) in [7, 11) is 0. The fourth-order valence-corrected chi connectivity index (χ4v) is 3.84. The largest absolute Gasteiger partial charge is 0.463 e. The fraction of sp³-hybridized carbons (Fsp3) is 0.273. The van der Waals surface area contributed by atoms with Crippen LogP contribution in [0.4, 0.5) is 14.5 Å². The van der Waals surface area contributed by atoms with Gasteiger partial charge in [-0.2, -0.15) is 8.78 Å². The summed E-state index contributed by atoms with van der Waals surface area (Å²) < 4.78 is 37.9. The molecule has 2 aromatic carbocycles. The van der Waals surface area contributed by atoms with Gasteiger partial charge in [0.1, 0.15) is 11.6 Å². The van der Waals surface area contributed by atoms with E-state index in [1.54, 1.807) is 31.2 Å². The lowest BCUT2D eigenvalue weighted by Crippen LogP contribution is -2.19. The molecule has 6 nitrogen and oxygen atoms in total. The SMILES string of the molecule is CCOC(=O)/C=C/c1ccc(OC(F)F)c2c1NCCc1nc3ccc(Cl)cc3n1C2. The monoisotopic (exact) mass is 447 g/mol. The van der Waals surface area contributed by atoms with Crippen molar-refractivity contribution in [1.29, 1.82) is 0 Å². The number of hydrogen-bond acceptors (Lipinski definition) is 5. The molecule has 162 valence electrons. The van der Waals surface area contributed by atoms with Gasteiger partial charge in [-0.1, -0.05) is 11.6 Å². The zero-order valence-corrected chi connectivity index (χ0v) is 17.5. The van der Waals surface area contributed by atoms with E-state index in [4.69, 9.17) is 21.1 Å². The second kappa shape index (κ2) is 8.93. The van der Waals surface area contributed by atoms with E-state index in [1.165, 1.54) is 12.1 Å². The molecular weight excluding hydrogens is 428 g/mol. The molecule has 31 heavy (non-hydrogen) atoms. The van der Waals surface area contributed by atoms with E-state index in [9.17, 15) is 13.6 Å². The number of aromatic nitrogens is 2. The quantitative estimate of drug-likeness (QED) is 0.446. The number of anilines is 1. The van der Waals surface area contributed by atoms with E-state index in [1.807, 2.05) is 10.6 Å². The van der Waals surface area contributed by atoms with Crippen molar-refractivity contribution in [2.45, 2.75) is 26.5 Å². The number of halogens is 3. The molecule has 2 heterocycles. The lowest BCUT2D eigenvalue weighted by molar-refractivity contribution is -0.137. The van der Waals surface area contributed by atoms with Gasteiger partial charge in [-0.25, -0.2) is 9.78 Å². The Bertz CT molecular complexity index is 1160. The number of alkyl halides is 2. The van der Waals surface area contributed by atoms with Crippen LogP contribution in [0.15, 0.2) is 36.4 Å². The van der Waals surface area contributed by atoms with Crippen LogP contribution >= 0.6 is 11.6 Å². The number of nitrogens with one attached hydrogen (secondary N) is 1. The predicted octanol–water partition coefficient (Wildman–Crippen LogP) is 4.88. The standard InChI is InChI=1S/C22H20ClF2N3O3/c1-2-30-20(29)8-4-13-3-7-18(31-22(24)25)15-12-28-17-11-14(23)5-6-16(17)27-19(28)9-10-26-21(13)15/h3-8,11,22,26H,2,9-10,12H2,1H3/b8-4+. The molecular formula is C22H20ClF2N3O3. The summed E-state index contributed by atoms with van der Waals surface area (Å²) in [5, 5.41) is 3.85. The number of fused-ring (bicyclic) bond motifs is 4. The van der Waals surface area contributed by atoms with Gasteiger partial charge in [0.05, 0.1) is 29.9 Å². The fourth-order valence-electron chi connectivity index (χ4n) is 3.68. The summed E-state index contributed by atoms with van der Waals surface area (Å²) in [5.74, 6) is 0.390. The molecule has 1 aromatic heterocycles. The molecule has 0 aliphatic carbocycles. The molecule has 0 spiro atoms. The molecule has 9 heteroatoms. The normalized spacial score (nSPS) is 13.5. The van der Waals surface area contributed by atoms with E-state index in [2.05, 4.69) is 10.3 Å². The van der Waals surface area contributed by atoms with Gasteiger partial charge in [0.25, 0.3) is 0 Å². The van der Waals surface area contributed by atoms with Gasteiger partial charge < -0.3 is 19.4 Å². The van der Waals surface area contributed by atoms with Crippen molar-refractivity contribution >= 4 is 40.4 Å². The van der Waals surface area contributed by atoms with Crippen molar-refractivity contribution in [2.75, 3.05) is 18.5 Å². The van der Waals surface area contributed by atoms with Gasteiger partial charge in [0.2, 0.25) is 0 Å². The Kier molecular flexibility index (Phi) is 6.08. The van der Waals surface area contributed by atoms with Crippen molar-refractivity contribution in [2.24, 2.45) is 0 Å². The van der Waals surface area contributed by atoms with Gasteiger partial charge in [0, 0.05) is 29.6 Å². The van der Waals surface area contributed by atoms with E-state index >= 15 is 0 Å². The Labute approximate surface area is 182 Å². The minimum absolute atomic E-state index is 0.0579. The Balaban J connectivity index is 1.84. The van der Waals surface area contributed by atoms with Gasteiger partial charge in [-0.15, -0.1) is 0 Å². The minimum atomic E-state index is -2.97. The molecule has 1 aliphatic rings. The van der Waals surface area contributed by atoms with Crippen LogP contribution in [0, 0.1) is 0 Å². The summed E-state index contributed by atoms with van der Waals surface area (Å²) in [5.41, 5.74) is 3.40.